The van der Waals surface area contributed by atoms with Gasteiger partial charge < -0.3 is 15.1 Å². The second kappa shape index (κ2) is 5.10. The second-order valence-electron chi connectivity index (χ2n) is 6.08. The Morgan fingerprint density at radius 1 is 1.50 bits per heavy atom. The molecular weight excluding hydrogens is 286 g/mol. The van der Waals surface area contributed by atoms with Crippen LogP contribution in [0.5, 0.6) is 0 Å². The zero-order valence-corrected chi connectivity index (χ0v) is 12.2. The van der Waals surface area contributed by atoms with E-state index in [0.717, 1.165) is 6.42 Å². The number of carbonyl (C=O) groups excluding carboxylic acids is 1. The van der Waals surface area contributed by atoms with Gasteiger partial charge in [0, 0.05) is 30.6 Å². The predicted molar refractivity (Wildman–Crippen MR) is 80.6 cm³/mol. The maximum atomic E-state index is 12.5. The molecule has 0 aliphatic carbocycles. The molecule has 116 valence electrons. The van der Waals surface area contributed by atoms with Crippen molar-refractivity contribution in [2.24, 2.45) is 11.1 Å². The summed E-state index contributed by atoms with van der Waals surface area (Å²) < 4.78 is 5.53. The molecule has 1 aliphatic rings. The average Bonchev–Trinajstić information content (AvgIpc) is 3.10. The molecule has 7 heteroatoms. The van der Waals surface area contributed by atoms with E-state index in [1.54, 1.807) is 11.0 Å². The number of carbonyl (C=O) groups is 1. The summed E-state index contributed by atoms with van der Waals surface area (Å²) in [6.07, 6.45) is 0.862. The molecule has 1 fully saturated rings. The van der Waals surface area contributed by atoms with Crippen LogP contribution in [0.15, 0.2) is 28.7 Å². The molecule has 2 heterocycles. The number of nitrogens with zero attached hydrogens (tertiary/aromatic N) is 2. The van der Waals surface area contributed by atoms with Gasteiger partial charge in [0.2, 0.25) is 0 Å². The molecule has 1 unspecified atom stereocenters. The fourth-order valence-electron chi connectivity index (χ4n) is 2.77. The minimum atomic E-state index is -0.471. The van der Waals surface area contributed by atoms with E-state index in [-0.39, 0.29) is 22.8 Å². The number of nitro benzene ring substituents is 1. The quantitative estimate of drug-likeness (QED) is 0.691. The molecule has 1 aliphatic heterocycles. The number of non-ortho nitro benzene ring substituents is 1. The van der Waals surface area contributed by atoms with Gasteiger partial charge in [0.1, 0.15) is 5.58 Å². The van der Waals surface area contributed by atoms with Gasteiger partial charge in [0.05, 0.1) is 4.92 Å². The summed E-state index contributed by atoms with van der Waals surface area (Å²) in [7, 11) is 0. The number of hydrogen-bond donors (Lipinski definition) is 1. The van der Waals surface area contributed by atoms with Crippen LogP contribution < -0.4 is 5.73 Å². The lowest BCUT2D eigenvalue weighted by molar-refractivity contribution is -0.384. The van der Waals surface area contributed by atoms with E-state index in [9.17, 15) is 14.9 Å². The molecule has 7 nitrogen and oxygen atoms in total. The molecule has 2 N–H and O–H groups in total. The van der Waals surface area contributed by atoms with E-state index in [1.165, 1.54) is 18.2 Å². The molecule has 22 heavy (non-hydrogen) atoms. The van der Waals surface area contributed by atoms with Gasteiger partial charge in [0.25, 0.3) is 11.6 Å². The van der Waals surface area contributed by atoms with Crippen molar-refractivity contribution < 1.29 is 14.1 Å². The third-order valence-corrected chi connectivity index (χ3v) is 4.26. The molecule has 0 saturated carbocycles. The molecule has 0 spiro atoms. The number of nitro groups is 1. The van der Waals surface area contributed by atoms with Crippen molar-refractivity contribution in [3.05, 3.63) is 40.1 Å². The summed E-state index contributed by atoms with van der Waals surface area (Å²) in [5, 5.41) is 11.3. The Kier molecular flexibility index (Phi) is 3.37. The van der Waals surface area contributed by atoms with Crippen LogP contribution in [0.4, 0.5) is 5.69 Å². The molecular formula is C15H17N3O4. The Morgan fingerprint density at radius 2 is 2.27 bits per heavy atom. The lowest BCUT2D eigenvalue weighted by Crippen LogP contribution is -2.34. The maximum absolute atomic E-state index is 12.5. The van der Waals surface area contributed by atoms with E-state index in [2.05, 4.69) is 6.92 Å². The summed E-state index contributed by atoms with van der Waals surface area (Å²) in [6.45, 7) is 3.83. The molecule has 1 atom stereocenters. The third kappa shape index (κ3) is 2.43. The number of amides is 1. The number of likely N-dealkylation sites (tertiary alicyclic amines) is 1. The molecule has 2 aromatic rings. The maximum Gasteiger partial charge on any atom is 0.289 e. The highest BCUT2D eigenvalue weighted by Gasteiger charge is 2.36. The van der Waals surface area contributed by atoms with Crippen molar-refractivity contribution >= 4 is 22.6 Å². The lowest BCUT2D eigenvalue weighted by Gasteiger charge is -2.21. The summed E-state index contributed by atoms with van der Waals surface area (Å²) in [5.41, 5.74) is 6.14. The van der Waals surface area contributed by atoms with E-state index in [1.807, 2.05) is 0 Å². The number of fused-ring (bicyclic) bond motifs is 1. The van der Waals surface area contributed by atoms with Crippen LogP contribution in [-0.2, 0) is 0 Å². The minimum Gasteiger partial charge on any atom is -0.451 e. The first-order valence-corrected chi connectivity index (χ1v) is 7.09. The van der Waals surface area contributed by atoms with Crippen LogP contribution in [0.3, 0.4) is 0 Å². The Bertz CT molecular complexity index is 754. The van der Waals surface area contributed by atoms with Crippen molar-refractivity contribution in [1.82, 2.24) is 4.90 Å². The number of hydrogen-bond acceptors (Lipinski definition) is 5. The van der Waals surface area contributed by atoms with Crippen LogP contribution in [0.1, 0.15) is 23.9 Å². The van der Waals surface area contributed by atoms with E-state index in [4.69, 9.17) is 10.2 Å². The molecule has 1 aromatic carbocycles. The Labute approximate surface area is 126 Å². The Balaban J connectivity index is 1.87. The number of benzene rings is 1. The fourth-order valence-corrected chi connectivity index (χ4v) is 2.77. The SMILES string of the molecule is CC1(CN)CCN(C(=O)c2cc3cc([N+](=O)[O-])ccc3o2)C1. The van der Waals surface area contributed by atoms with Crippen LogP contribution in [0, 0.1) is 15.5 Å². The van der Waals surface area contributed by atoms with Gasteiger partial charge in [-0.05, 0) is 30.5 Å². The highest BCUT2D eigenvalue weighted by Crippen LogP contribution is 2.31. The smallest absolute Gasteiger partial charge is 0.289 e. The van der Waals surface area contributed by atoms with Gasteiger partial charge in [-0.25, -0.2) is 0 Å². The summed E-state index contributed by atoms with van der Waals surface area (Å²) >= 11 is 0. The van der Waals surface area contributed by atoms with Crippen molar-refractivity contribution in [2.75, 3.05) is 19.6 Å². The number of furan rings is 1. The predicted octanol–water partition coefficient (Wildman–Crippen LogP) is 2.15. The van der Waals surface area contributed by atoms with E-state index < -0.39 is 4.92 Å². The summed E-state index contributed by atoms with van der Waals surface area (Å²) in [6, 6.07) is 5.84. The Hall–Kier alpha value is -2.41. The molecule has 1 saturated heterocycles. The van der Waals surface area contributed by atoms with Gasteiger partial charge in [-0.3, -0.25) is 14.9 Å². The first kappa shape index (κ1) is 14.5. The molecule has 0 bridgehead atoms. The van der Waals surface area contributed by atoms with Gasteiger partial charge >= 0.3 is 0 Å². The lowest BCUT2D eigenvalue weighted by atomic mass is 9.90. The van der Waals surface area contributed by atoms with E-state index in [0.29, 0.717) is 30.6 Å². The van der Waals surface area contributed by atoms with Crippen molar-refractivity contribution in [3.8, 4) is 0 Å². The number of rotatable bonds is 3. The molecule has 0 radical (unpaired) electrons. The topological polar surface area (TPSA) is 103 Å². The van der Waals surface area contributed by atoms with Crippen molar-refractivity contribution in [3.63, 3.8) is 0 Å². The standard InChI is InChI=1S/C15H17N3O4/c1-15(8-16)4-5-17(9-15)14(19)13-7-10-6-11(18(20)21)2-3-12(10)22-13/h2-3,6-7H,4-5,8-9,16H2,1H3. The minimum absolute atomic E-state index is 0.0239. The second-order valence-corrected chi connectivity index (χ2v) is 6.08. The van der Waals surface area contributed by atoms with Crippen molar-refractivity contribution in [1.29, 1.82) is 0 Å². The Morgan fingerprint density at radius 3 is 2.91 bits per heavy atom. The van der Waals surface area contributed by atoms with Crippen molar-refractivity contribution in [2.45, 2.75) is 13.3 Å². The van der Waals surface area contributed by atoms with Gasteiger partial charge in [-0.2, -0.15) is 0 Å². The monoisotopic (exact) mass is 303 g/mol. The molecule has 1 amide bonds. The van der Waals surface area contributed by atoms with Gasteiger partial charge in [0.15, 0.2) is 5.76 Å². The van der Waals surface area contributed by atoms with Gasteiger partial charge in [-0.15, -0.1) is 0 Å². The van der Waals surface area contributed by atoms with Gasteiger partial charge in [-0.1, -0.05) is 6.92 Å². The first-order chi connectivity index (χ1) is 10.4. The molecule has 1 aromatic heterocycles. The van der Waals surface area contributed by atoms with E-state index >= 15 is 0 Å². The van der Waals surface area contributed by atoms with Crippen LogP contribution in [-0.4, -0.2) is 35.4 Å². The fraction of sp³-hybridized carbons (Fsp3) is 0.400. The zero-order valence-electron chi connectivity index (χ0n) is 12.2. The average molecular weight is 303 g/mol. The third-order valence-electron chi connectivity index (χ3n) is 4.26. The van der Waals surface area contributed by atoms with Crippen LogP contribution in [0.2, 0.25) is 0 Å². The summed E-state index contributed by atoms with van der Waals surface area (Å²) in [5.74, 6) is 0.00722. The highest BCUT2D eigenvalue weighted by molar-refractivity contribution is 5.96. The largest absolute Gasteiger partial charge is 0.451 e. The highest BCUT2D eigenvalue weighted by atomic mass is 16.6. The first-order valence-electron chi connectivity index (χ1n) is 7.09. The normalized spacial score (nSPS) is 21.5. The molecule has 3 rings (SSSR count). The zero-order chi connectivity index (χ0) is 15.9. The summed E-state index contributed by atoms with van der Waals surface area (Å²) in [4.78, 5) is 24.5. The van der Waals surface area contributed by atoms with Crippen LogP contribution in [0.25, 0.3) is 11.0 Å². The van der Waals surface area contributed by atoms with Crippen LogP contribution >= 0.6 is 0 Å². The number of nitrogens with two attached hydrogens (primary N) is 1.